The number of hydrogen-bond donors (Lipinski definition) is 2. The smallest absolute Gasteiger partial charge is 0.228 e. The van der Waals surface area contributed by atoms with Crippen LogP contribution in [0.5, 0.6) is 0 Å². The molecule has 0 saturated carbocycles. The zero-order valence-corrected chi connectivity index (χ0v) is 14.2. The van der Waals surface area contributed by atoms with Gasteiger partial charge in [-0.25, -0.2) is 4.98 Å². The molecule has 2 N–H and O–H groups in total. The van der Waals surface area contributed by atoms with Crippen LogP contribution in [0.4, 0.5) is 5.13 Å². The van der Waals surface area contributed by atoms with Crippen molar-refractivity contribution in [2.24, 2.45) is 5.92 Å². The van der Waals surface area contributed by atoms with Gasteiger partial charge in [0.15, 0.2) is 5.13 Å². The van der Waals surface area contributed by atoms with Gasteiger partial charge >= 0.3 is 0 Å². The van der Waals surface area contributed by atoms with Crippen LogP contribution in [0.15, 0.2) is 5.38 Å². The molecule has 0 spiro atoms. The molecule has 1 aliphatic heterocycles. The third-order valence-corrected chi connectivity index (χ3v) is 4.70. The maximum absolute atomic E-state index is 12.3. The molecule has 1 aromatic rings. The van der Waals surface area contributed by atoms with Gasteiger partial charge in [-0.15, -0.1) is 11.3 Å². The molecular weight excluding hydrogens is 300 g/mol. The van der Waals surface area contributed by atoms with Crippen molar-refractivity contribution < 1.29 is 9.59 Å². The zero-order valence-electron chi connectivity index (χ0n) is 13.4. The molecule has 2 heterocycles. The first-order chi connectivity index (χ1) is 10.5. The van der Waals surface area contributed by atoms with Gasteiger partial charge in [0.1, 0.15) is 0 Å². The molecule has 1 aliphatic rings. The van der Waals surface area contributed by atoms with E-state index in [2.05, 4.69) is 15.6 Å². The highest BCUT2D eigenvalue weighted by molar-refractivity contribution is 7.13. The van der Waals surface area contributed by atoms with E-state index in [4.69, 9.17) is 0 Å². The van der Waals surface area contributed by atoms with Crippen molar-refractivity contribution in [1.82, 2.24) is 15.2 Å². The van der Waals surface area contributed by atoms with Crippen molar-refractivity contribution in [3.05, 3.63) is 11.1 Å². The summed E-state index contributed by atoms with van der Waals surface area (Å²) in [5.74, 6) is -0.0228. The summed E-state index contributed by atoms with van der Waals surface area (Å²) in [6, 6.07) is 0.515. The van der Waals surface area contributed by atoms with Crippen molar-refractivity contribution in [2.75, 3.05) is 25.5 Å². The monoisotopic (exact) mass is 324 g/mol. The van der Waals surface area contributed by atoms with Crippen molar-refractivity contribution >= 4 is 28.3 Å². The number of aromatic nitrogens is 1. The normalized spacial score (nSPS) is 16.1. The summed E-state index contributed by atoms with van der Waals surface area (Å²) >= 11 is 1.36. The first-order valence-electron chi connectivity index (χ1n) is 7.70. The van der Waals surface area contributed by atoms with Gasteiger partial charge in [0.25, 0.3) is 0 Å². The SMILES string of the molecule is CNC1CCN(C(=O)Cc2csc(NC(=O)C(C)C)n2)CC1. The minimum absolute atomic E-state index is 0.0543. The molecule has 0 aromatic carbocycles. The van der Waals surface area contributed by atoms with Crippen LogP contribution >= 0.6 is 11.3 Å². The predicted molar refractivity (Wildman–Crippen MR) is 87.9 cm³/mol. The Morgan fingerprint density at radius 2 is 2.09 bits per heavy atom. The first-order valence-corrected chi connectivity index (χ1v) is 8.58. The number of hydrogen-bond acceptors (Lipinski definition) is 5. The van der Waals surface area contributed by atoms with Crippen LogP contribution in [0.3, 0.4) is 0 Å². The number of nitrogens with zero attached hydrogens (tertiary/aromatic N) is 2. The van der Waals surface area contributed by atoms with E-state index in [1.165, 1.54) is 11.3 Å². The Kier molecular flexibility index (Phi) is 5.90. The number of likely N-dealkylation sites (tertiary alicyclic amines) is 1. The average Bonchev–Trinajstić information content (AvgIpc) is 2.94. The minimum Gasteiger partial charge on any atom is -0.342 e. The summed E-state index contributed by atoms with van der Waals surface area (Å²) in [5.41, 5.74) is 0.727. The maximum Gasteiger partial charge on any atom is 0.228 e. The molecule has 0 unspecified atom stereocenters. The van der Waals surface area contributed by atoms with Crippen LogP contribution in [0.25, 0.3) is 0 Å². The summed E-state index contributed by atoms with van der Waals surface area (Å²) in [6.07, 6.45) is 2.29. The van der Waals surface area contributed by atoms with Crippen LogP contribution in [-0.2, 0) is 16.0 Å². The van der Waals surface area contributed by atoms with Crippen molar-refractivity contribution in [1.29, 1.82) is 0 Å². The van der Waals surface area contributed by atoms with Crippen molar-refractivity contribution in [2.45, 2.75) is 39.2 Å². The fourth-order valence-electron chi connectivity index (χ4n) is 2.38. The molecule has 1 aromatic heterocycles. The van der Waals surface area contributed by atoms with E-state index >= 15 is 0 Å². The molecule has 1 fully saturated rings. The Bertz CT molecular complexity index is 521. The number of amides is 2. The van der Waals surface area contributed by atoms with E-state index in [1.807, 2.05) is 31.2 Å². The third-order valence-electron chi connectivity index (χ3n) is 3.89. The summed E-state index contributed by atoms with van der Waals surface area (Å²) in [6.45, 7) is 5.27. The molecule has 0 atom stereocenters. The molecule has 2 rings (SSSR count). The second kappa shape index (κ2) is 7.69. The molecule has 0 radical (unpaired) electrons. The third kappa shape index (κ3) is 4.51. The fraction of sp³-hybridized carbons (Fsp3) is 0.667. The maximum atomic E-state index is 12.3. The van der Waals surface area contributed by atoms with E-state index in [-0.39, 0.29) is 17.7 Å². The van der Waals surface area contributed by atoms with Gasteiger partial charge in [-0.2, -0.15) is 0 Å². The second-order valence-corrected chi connectivity index (χ2v) is 6.77. The summed E-state index contributed by atoms with van der Waals surface area (Å²) < 4.78 is 0. The van der Waals surface area contributed by atoms with Crippen LogP contribution in [0.2, 0.25) is 0 Å². The Morgan fingerprint density at radius 1 is 1.41 bits per heavy atom. The van der Waals surface area contributed by atoms with E-state index in [0.717, 1.165) is 31.6 Å². The quantitative estimate of drug-likeness (QED) is 0.860. The van der Waals surface area contributed by atoms with E-state index in [1.54, 1.807) is 0 Å². The largest absolute Gasteiger partial charge is 0.342 e. The topological polar surface area (TPSA) is 74.3 Å². The van der Waals surface area contributed by atoms with Gasteiger partial charge in [0.2, 0.25) is 11.8 Å². The standard InChI is InChI=1S/C15H24N4O2S/c1-10(2)14(21)18-15-17-12(9-22-15)8-13(20)19-6-4-11(16-3)5-7-19/h9-11,16H,4-8H2,1-3H3,(H,17,18,21). The van der Waals surface area contributed by atoms with Crippen LogP contribution in [0.1, 0.15) is 32.4 Å². The van der Waals surface area contributed by atoms with Gasteiger partial charge < -0.3 is 15.5 Å². The molecular formula is C15H24N4O2S. The van der Waals surface area contributed by atoms with Crippen molar-refractivity contribution in [3.8, 4) is 0 Å². The lowest BCUT2D eigenvalue weighted by molar-refractivity contribution is -0.131. The number of nitrogens with one attached hydrogen (secondary N) is 2. The Balaban J connectivity index is 1.85. The molecule has 122 valence electrons. The van der Waals surface area contributed by atoms with E-state index in [9.17, 15) is 9.59 Å². The number of piperidine rings is 1. The first kappa shape index (κ1) is 16.9. The Labute approximate surface area is 135 Å². The van der Waals surface area contributed by atoms with Gasteiger partial charge in [-0.05, 0) is 19.9 Å². The number of thiazole rings is 1. The molecule has 22 heavy (non-hydrogen) atoms. The van der Waals surface area contributed by atoms with Crippen LogP contribution in [-0.4, -0.2) is 47.9 Å². The summed E-state index contributed by atoms with van der Waals surface area (Å²) in [4.78, 5) is 30.1. The average molecular weight is 324 g/mol. The van der Waals surface area contributed by atoms with Crippen molar-refractivity contribution in [3.63, 3.8) is 0 Å². The highest BCUT2D eigenvalue weighted by atomic mass is 32.1. The van der Waals surface area contributed by atoms with E-state index < -0.39 is 0 Å². The Morgan fingerprint density at radius 3 is 2.68 bits per heavy atom. The molecule has 7 heteroatoms. The highest BCUT2D eigenvalue weighted by Crippen LogP contribution is 2.18. The highest BCUT2D eigenvalue weighted by Gasteiger charge is 2.22. The van der Waals surface area contributed by atoms with Gasteiger partial charge in [-0.3, -0.25) is 9.59 Å². The molecule has 2 amide bonds. The lowest BCUT2D eigenvalue weighted by Gasteiger charge is -2.31. The number of anilines is 1. The molecule has 0 aliphatic carbocycles. The lowest BCUT2D eigenvalue weighted by Crippen LogP contribution is -2.44. The minimum atomic E-state index is -0.0811. The Hall–Kier alpha value is -1.47. The van der Waals surface area contributed by atoms with Gasteiger partial charge in [-0.1, -0.05) is 13.8 Å². The van der Waals surface area contributed by atoms with Gasteiger partial charge in [0.05, 0.1) is 12.1 Å². The summed E-state index contributed by atoms with van der Waals surface area (Å²) in [5, 5.41) is 8.42. The molecule has 0 bridgehead atoms. The fourth-order valence-corrected chi connectivity index (χ4v) is 3.09. The lowest BCUT2D eigenvalue weighted by atomic mass is 10.0. The summed E-state index contributed by atoms with van der Waals surface area (Å²) in [7, 11) is 1.96. The van der Waals surface area contributed by atoms with Gasteiger partial charge in [0, 0.05) is 30.4 Å². The van der Waals surface area contributed by atoms with Crippen LogP contribution < -0.4 is 10.6 Å². The number of carbonyl (C=O) groups excluding carboxylic acids is 2. The predicted octanol–water partition coefficient (Wildman–Crippen LogP) is 1.49. The second-order valence-electron chi connectivity index (χ2n) is 5.91. The molecule has 6 nitrogen and oxygen atoms in total. The van der Waals surface area contributed by atoms with E-state index in [0.29, 0.717) is 17.6 Å². The van der Waals surface area contributed by atoms with Crippen LogP contribution in [0, 0.1) is 5.92 Å². The molecule has 1 saturated heterocycles. The number of carbonyl (C=O) groups is 2. The number of rotatable bonds is 5. The zero-order chi connectivity index (χ0) is 16.1.